The van der Waals surface area contributed by atoms with Crippen LogP contribution in [0.1, 0.15) is 37.5 Å². The molecule has 2 aromatic heterocycles. The summed E-state index contributed by atoms with van der Waals surface area (Å²) in [6, 6.07) is 17.2. The lowest BCUT2D eigenvalue weighted by atomic mass is 10.2. The Balaban J connectivity index is 1.35. The fourth-order valence-electron chi connectivity index (χ4n) is 3.34. The highest BCUT2D eigenvalue weighted by atomic mass is 35.5. The molecule has 2 N–H and O–H groups in total. The molecule has 0 saturated carbocycles. The van der Waals surface area contributed by atoms with Gasteiger partial charge >= 0.3 is 0 Å². The van der Waals surface area contributed by atoms with Gasteiger partial charge in [-0.2, -0.15) is 0 Å². The van der Waals surface area contributed by atoms with Crippen molar-refractivity contribution in [1.82, 2.24) is 20.3 Å². The summed E-state index contributed by atoms with van der Waals surface area (Å²) < 4.78 is 5.78. The van der Waals surface area contributed by atoms with Crippen LogP contribution in [0.4, 0.5) is 0 Å². The molecule has 7 heteroatoms. The lowest BCUT2D eigenvalue weighted by Crippen LogP contribution is -2.29. The van der Waals surface area contributed by atoms with Gasteiger partial charge in [-0.15, -0.1) is 0 Å². The standard InChI is InChI=1S/C24H23ClN4O2/c1-2-19(24-27-14-20(29-24)16-8-4-3-5-9-16)28-22(30)12-13-23-26-15-21(31-23)17-10-6-7-11-18(17)25/h3-11,14-15,19H,2,12-13H2,1H3,(H,27,29)(H,28,30). The Kier molecular flexibility index (Phi) is 6.48. The third kappa shape index (κ3) is 5.03. The average molecular weight is 435 g/mol. The largest absolute Gasteiger partial charge is 0.441 e. The SMILES string of the molecule is CCC(NC(=O)CCc1ncc(-c2ccccc2Cl)o1)c1ncc(-c2ccccc2)[nH]1. The molecule has 0 aliphatic carbocycles. The molecule has 0 fully saturated rings. The van der Waals surface area contributed by atoms with Crippen molar-refractivity contribution < 1.29 is 9.21 Å². The third-order valence-electron chi connectivity index (χ3n) is 5.01. The van der Waals surface area contributed by atoms with Gasteiger partial charge in [-0.05, 0) is 24.1 Å². The first-order valence-electron chi connectivity index (χ1n) is 10.2. The molecule has 0 spiro atoms. The first-order valence-corrected chi connectivity index (χ1v) is 10.6. The molecule has 1 unspecified atom stereocenters. The predicted molar refractivity (Wildman–Crippen MR) is 120 cm³/mol. The van der Waals surface area contributed by atoms with E-state index in [0.717, 1.165) is 29.1 Å². The van der Waals surface area contributed by atoms with Gasteiger partial charge in [0.25, 0.3) is 0 Å². The molecule has 1 atom stereocenters. The number of carbonyl (C=O) groups is 1. The van der Waals surface area contributed by atoms with Crippen molar-refractivity contribution in [3.8, 4) is 22.6 Å². The number of halogens is 1. The molecule has 2 aromatic carbocycles. The minimum Gasteiger partial charge on any atom is -0.441 e. The fourth-order valence-corrected chi connectivity index (χ4v) is 3.57. The van der Waals surface area contributed by atoms with Gasteiger partial charge in [-0.1, -0.05) is 61.0 Å². The molecule has 4 rings (SSSR count). The van der Waals surface area contributed by atoms with Gasteiger partial charge in [0.15, 0.2) is 11.7 Å². The summed E-state index contributed by atoms with van der Waals surface area (Å²) in [7, 11) is 0. The molecule has 158 valence electrons. The number of aryl methyl sites for hydroxylation is 1. The summed E-state index contributed by atoms with van der Waals surface area (Å²) in [5, 5.41) is 3.64. The number of oxazole rings is 1. The molecule has 31 heavy (non-hydrogen) atoms. The van der Waals surface area contributed by atoms with Crippen molar-refractivity contribution in [3.63, 3.8) is 0 Å². The molecule has 2 heterocycles. The lowest BCUT2D eigenvalue weighted by Gasteiger charge is -2.14. The summed E-state index contributed by atoms with van der Waals surface area (Å²) in [6.07, 6.45) is 4.83. The van der Waals surface area contributed by atoms with Crippen LogP contribution in [-0.2, 0) is 11.2 Å². The molecule has 0 aliphatic heterocycles. The van der Waals surface area contributed by atoms with Gasteiger partial charge in [0.1, 0.15) is 5.82 Å². The van der Waals surface area contributed by atoms with Crippen LogP contribution in [0.15, 0.2) is 71.4 Å². The number of aromatic amines is 1. The maximum absolute atomic E-state index is 12.5. The first kappa shape index (κ1) is 20.9. The Bertz CT molecular complexity index is 1150. The van der Waals surface area contributed by atoms with E-state index in [2.05, 4.69) is 20.3 Å². The van der Waals surface area contributed by atoms with E-state index in [1.165, 1.54) is 0 Å². The second-order valence-corrected chi connectivity index (χ2v) is 7.58. The van der Waals surface area contributed by atoms with E-state index in [4.69, 9.17) is 16.0 Å². The summed E-state index contributed by atoms with van der Waals surface area (Å²) in [6.45, 7) is 2.01. The number of rotatable bonds is 8. The zero-order valence-corrected chi connectivity index (χ0v) is 17.9. The highest BCUT2D eigenvalue weighted by molar-refractivity contribution is 6.33. The quantitative estimate of drug-likeness (QED) is 0.379. The first-order chi connectivity index (χ1) is 15.1. The number of imidazole rings is 1. The number of benzene rings is 2. The zero-order chi connectivity index (χ0) is 21.6. The minimum absolute atomic E-state index is 0.0815. The number of carbonyl (C=O) groups excluding carboxylic acids is 1. The van der Waals surface area contributed by atoms with E-state index in [0.29, 0.717) is 23.1 Å². The minimum atomic E-state index is -0.187. The molecule has 1 amide bonds. The molecule has 4 aromatic rings. The molecule has 0 aliphatic rings. The van der Waals surface area contributed by atoms with E-state index in [1.54, 1.807) is 18.5 Å². The van der Waals surface area contributed by atoms with Gasteiger partial charge in [0.05, 0.1) is 29.2 Å². The van der Waals surface area contributed by atoms with Gasteiger partial charge < -0.3 is 14.7 Å². The van der Waals surface area contributed by atoms with Crippen molar-refractivity contribution in [1.29, 1.82) is 0 Å². The van der Waals surface area contributed by atoms with Crippen LogP contribution in [0.2, 0.25) is 5.02 Å². The van der Waals surface area contributed by atoms with Crippen molar-refractivity contribution in [3.05, 3.63) is 83.7 Å². The number of hydrogen-bond donors (Lipinski definition) is 2. The zero-order valence-electron chi connectivity index (χ0n) is 17.1. The van der Waals surface area contributed by atoms with Gasteiger partial charge in [-0.3, -0.25) is 4.79 Å². The summed E-state index contributed by atoms with van der Waals surface area (Å²) in [4.78, 5) is 24.6. The molecule has 0 radical (unpaired) electrons. The number of nitrogens with one attached hydrogen (secondary N) is 2. The maximum Gasteiger partial charge on any atom is 0.221 e. The van der Waals surface area contributed by atoms with E-state index in [1.807, 2.05) is 55.5 Å². The van der Waals surface area contributed by atoms with Gasteiger partial charge in [-0.25, -0.2) is 9.97 Å². The Morgan fingerprint density at radius 2 is 1.87 bits per heavy atom. The maximum atomic E-state index is 12.5. The smallest absolute Gasteiger partial charge is 0.221 e. The van der Waals surface area contributed by atoms with Gasteiger partial charge in [0, 0.05) is 18.4 Å². The Labute approximate surface area is 185 Å². The second kappa shape index (κ2) is 9.62. The van der Waals surface area contributed by atoms with Gasteiger partial charge in [0.2, 0.25) is 5.91 Å². The molecule has 0 saturated heterocycles. The van der Waals surface area contributed by atoms with Crippen LogP contribution < -0.4 is 5.32 Å². The van der Waals surface area contributed by atoms with Crippen molar-refractivity contribution in [2.24, 2.45) is 0 Å². The monoisotopic (exact) mass is 434 g/mol. The normalized spacial score (nSPS) is 11.9. The predicted octanol–water partition coefficient (Wildman–Crippen LogP) is 5.59. The van der Waals surface area contributed by atoms with Crippen molar-refractivity contribution >= 4 is 17.5 Å². The number of H-pyrrole nitrogens is 1. The molecular formula is C24H23ClN4O2. The highest BCUT2D eigenvalue weighted by Gasteiger charge is 2.17. The number of aromatic nitrogens is 3. The fraction of sp³-hybridized carbons (Fsp3) is 0.208. The van der Waals surface area contributed by atoms with E-state index < -0.39 is 0 Å². The number of hydrogen-bond acceptors (Lipinski definition) is 4. The van der Waals surface area contributed by atoms with Crippen LogP contribution in [0.5, 0.6) is 0 Å². The summed E-state index contributed by atoms with van der Waals surface area (Å²) >= 11 is 6.21. The Hall–Kier alpha value is -3.38. The lowest BCUT2D eigenvalue weighted by molar-refractivity contribution is -0.122. The van der Waals surface area contributed by atoms with E-state index in [-0.39, 0.29) is 18.4 Å². The number of nitrogens with zero attached hydrogens (tertiary/aromatic N) is 2. The van der Waals surface area contributed by atoms with E-state index in [9.17, 15) is 4.79 Å². The Morgan fingerprint density at radius 1 is 1.10 bits per heavy atom. The van der Waals surface area contributed by atoms with Crippen LogP contribution >= 0.6 is 11.6 Å². The molecule has 6 nitrogen and oxygen atoms in total. The number of amides is 1. The average Bonchev–Trinajstić information content (AvgIpc) is 3.47. The van der Waals surface area contributed by atoms with Crippen molar-refractivity contribution in [2.75, 3.05) is 0 Å². The third-order valence-corrected chi connectivity index (χ3v) is 5.34. The Morgan fingerprint density at radius 3 is 2.65 bits per heavy atom. The topological polar surface area (TPSA) is 83.8 Å². The molecular weight excluding hydrogens is 412 g/mol. The van der Waals surface area contributed by atoms with Crippen molar-refractivity contribution in [2.45, 2.75) is 32.2 Å². The van der Waals surface area contributed by atoms with Crippen LogP contribution in [0, 0.1) is 0 Å². The van der Waals surface area contributed by atoms with Crippen LogP contribution in [0.3, 0.4) is 0 Å². The summed E-state index contributed by atoms with van der Waals surface area (Å²) in [5.41, 5.74) is 2.77. The van der Waals surface area contributed by atoms with Crippen LogP contribution in [-0.4, -0.2) is 20.9 Å². The highest BCUT2D eigenvalue weighted by Crippen LogP contribution is 2.28. The van der Waals surface area contributed by atoms with Crippen LogP contribution in [0.25, 0.3) is 22.6 Å². The summed E-state index contributed by atoms with van der Waals surface area (Å²) in [5.74, 6) is 1.76. The second-order valence-electron chi connectivity index (χ2n) is 7.17. The molecule has 0 bridgehead atoms. The van der Waals surface area contributed by atoms with E-state index >= 15 is 0 Å².